The van der Waals surface area contributed by atoms with Crippen LogP contribution in [0.15, 0.2) is 54.7 Å². The van der Waals surface area contributed by atoms with Gasteiger partial charge in [0.05, 0.1) is 18.4 Å². The maximum Gasteiger partial charge on any atom is 0.259 e. The van der Waals surface area contributed by atoms with Crippen LogP contribution < -0.4 is 10.1 Å². The van der Waals surface area contributed by atoms with Gasteiger partial charge in [-0.15, -0.1) is 0 Å². The van der Waals surface area contributed by atoms with Gasteiger partial charge in [0.1, 0.15) is 5.75 Å². The second-order valence-electron chi connectivity index (χ2n) is 5.74. The molecule has 5 nitrogen and oxygen atoms in total. The van der Waals surface area contributed by atoms with Crippen LogP contribution in [0.4, 0.5) is 5.69 Å². The fourth-order valence-corrected chi connectivity index (χ4v) is 2.40. The first-order valence-corrected chi connectivity index (χ1v) is 7.93. The van der Waals surface area contributed by atoms with E-state index < -0.39 is 0 Å². The van der Waals surface area contributed by atoms with Gasteiger partial charge < -0.3 is 10.1 Å². The van der Waals surface area contributed by atoms with Crippen LogP contribution in [0, 0.1) is 13.8 Å². The fourth-order valence-electron chi connectivity index (χ4n) is 2.40. The molecule has 5 heteroatoms. The minimum absolute atomic E-state index is 0.220. The number of ether oxygens (including phenoxy) is 1. The number of amides is 1. The highest BCUT2D eigenvalue weighted by molar-refractivity contribution is 6.04. The van der Waals surface area contributed by atoms with E-state index in [1.54, 1.807) is 20.2 Å². The molecule has 1 heterocycles. The normalized spacial score (nSPS) is 10.4. The number of rotatable bonds is 4. The van der Waals surface area contributed by atoms with Crippen molar-refractivity contribution in [2.45, 2.75) is 13.8 Å². The maximum absolute atomic E-state index is 12.4. The summed E-state index contributed by atoms with van der Waals surface area (Å²) in [4.78, 5) is 21.2. The van der Waals surface area contributed by atoms with Crippen LogP contribution in [-0.2, 0) is 0 Å². The summed E-state index contributed by atoms with van der Waals surface area (Å²) in [6.45, 7) is 3.81. The Hall–Kier alpha value is -3.21. The summed E-state index contributed by atoms with van der Waals surface area (Å²) < 4.78 is 5.15. The average Bonchev–Trinajstić information content (AvgIpc) is 2.63. The van der Waals surface area contributed by atoms with Gasteiger partial charge >= 0.3 is 0 Å². The Bertz CT molecular complexity index is 888. The molecule has 0 saturated heterocycles. The predicted octanol–water partition coefficient (Wildman–Crippen LogP) is 4.02. The summed E-state index contributed by atoms with van der Waals surface area (Å²) >= 11 is 0. The quantitative estimate of drug-likeness (QED) is 0.783. The van der Waals surface area contributed by atoms with Crippen LogP contribution >= 0.6 is 0 Å². The van der Waals surface area contributed by atoms with E-state index in [4.69, 9.17) is 4.74 Å². The molecule has 0 fully saturated rings. The number of nitrogens with one attached hydrogen (secondary N) is 1. The Kier molecular flexibility index (Phi) is 4.75. The first kappa shape index (κ1) is 16.6. The molecule has 0 radical (unpaired) electrons. The van der Waals surface area contributed by atoms with Crippen molar-refractivity contribution >= 4 is 11.6 Å². The third-order valence-electron chi connectivity index (χ3n) is 3.88. The molecule has 0 atom stereocenters. The largest absolute Gasteiger partial charge is 0.497 e. The number of anilines is 1. The van der Waals surface area contributed by atoms with E-state index in [1.165, 1.54) is 0 Å². The van der Waals surface area contributed by atoms with Gasteiger partial charge in [-0.25, -0.2) is 9.97 Å². The molecule has 126 valence electrons. The maximum atomic E-state index is 12.4. The number of hydrogen-bond acceptors (Lipinski definition) is 4. The van der Waals surface area contributed by atoms with Gasteiger partial charge in [-0.2, -0.15) is 0 Å². The van der Waals surface area contributed by atoms with Crippen molar-refractivity contribution in [3.05, 3.63) is 71.5 Å². The second-order valence-corrected chi connectivity index (χ2v) is 5.74. The molecule has 0 bridgehead atoms. The molecule has 0 aliphatic carbocycles. The summed E-state index contributed by atoms with van der Waals surface area (Å²) in [5.41, 5.74) is 3.84. The van der Waals surface area contributed by atoms with Crippen LogP contribution in [0.25, 0.3) is 11.4 Å². The van der Waals surface area contributed by atoms with Gasteiger partial charge in [0.25, 0.3) is 5.91 Å². The fraction of sp³-hybridized carbons (Fsp3) is 0.150. The van der Waals surface area contributed by atoms with Gasteiger partial charge in [0.2, 0.25) is 0 Å². The van der Waals surface area contributed by atoms with E-state index in [-0.39, 0.29) is 5.91 Å². The summed E-state index contributed by atoms with van der Waals surface area (Å²) in [6, 6.07) is 15.1. The van der Waals surface area contributed by atoms with Crippen LogP contribution in [-0.4, -0.2) is 23.0 Å². The molecule has 3 aromatic rings. The molecule has 1 amide bonds. The molecule has 1 N–H and O–H groups in total. The zero-order chi connectivity index (χ0) is 17.8. The number of aryl methyl sites for hydroxylation is 2. The topological polar surface area (TPSA) is 64.1 Å². The average molecular weight is 333 g/mol. The van der Waals surface area contributed by atoms with E-state index in [9.17, 15) is 4.79 Å². The standard InChI is InChI=1S/C20H19N3O2/c1-13-4-8-16(9-5-13)23-20(24)18-12-21-19(22-14(18)2)15-6-10-17(25-3)11-7-15/h4-12H,1-3H3,(H,23,24). The minimum Gasteiger partial charge on any atom is -0.497 e. The highest BCUT2D eigenvalue weighted by atomic mass is 16.5. The number of nitrogens with zero attached hydrogens (tertiary/aromatic N) is 2. The number of benzene rings is 2. The second kappa shape index (κ2) is 7.13. The lowest BCUT2D eigenvalue weighted by Crippen LogP contribution is -2.15. The Morgan fingerprint density at radius 3 is 2.28 bits per heavy atom. The zero-order valence-electron chi connectivity index (χ0n) is 14.4. The first-order chi connectivity index (χ1) is 12.1. The minimum atomic E-state index is -0.220. The number of carbonyl (C=O) groups excluding carboxylic acids is 1. The first-order valence-electron chi connectivity index (χ1n) is 7.93. The third kappa shape index (κ3) is 3.83. The molecule has 0 saturated carbocycles. The van der Waals surface area contributed by atoms with Gasteiger partial charge in [-0.1, -0.05) is 17.7 Å². The highest BCUT2D eigenvalue weighted by Crippen LogP contribution is 2.20. The lowest BCUT2D eigenvalue weighted by molar-refractivity contribution is 0.102. The Morgan fingerprint density at radius 2 is 1.68 bits per heavy atom. The monoisotopic (exact) mass is 333 g/mol. The van der Waals surface area contributed by atoms with Crippen LogP contribution in [0.1, 0.15) is 21.6 Å². The van der Waals surface area contributed by atoms with Gasteiger partial charge in [0.15, 0.2) is 5.82 Å². The smallest absolute Gasteiger partial charge is 0.259 e. The molecular weight excluding hydrogens is 314 g/mol. The van der Waals surface area contributed by atoms with Gasteiger partial charge in [-0.05, 0) is 50.2 Å². The van der Waals surface area contributed by atoms with Crippen LogP contribution in [0.5, 0.6) is 5.75 Å². The molecule has 0 aliphatic rings. The van der Waals surface area contributed by atoms with Crippen molar-refractivity contribution in [3.8, 4) is 17.1 Å². The Morgan fingerprint density at radius 1 is 1.00 bits per heavy atom. The van der Waals surface area contributed by atoms with Crippen molar-refractivity contribution in [1.29, 1.82) is 0 Å². The van der Waals surface area contributed by atoms with Crippen LogP contribution in [0.3, 0.4) is 0 Å². The van der Waals surface area contributed by atoms with E-state index in [0.717, 1.165) is 22.6 Å². The predicted molar refractivity (Wildman–Crippen MR) is 97.9 cm³/mol. The Balaban J connectivity index is 1.81. The molecule has 2 aromatic carbocycles. The van der Waals surface area contributed by atoms with E-state index in [0.29, 0.717) is 17.1 Å². The van der Waals surface area contributed by atoms with Crippen molar-refractivity contribution < 1.29 is 9.53 Å². The number of carbonyl (C=O) groups is 1. The molecule has 0 spiro atoms. The SMILES string of the molecule is COc1ccc(-c2ncc(C(=O)Nc3ccc(C)cc3)c(C)n2)cc1. The van der Waals surface area contributed by atoms with Gasteiger partial charge in [-0.3, -0.25) is 4.79 Å². The number of methoxy groups -OCH3 is 1. The number of aromatic nitrogens is 2. The van der Waals surface area contributed by atoms with E-state index >= 15 is 0 Å². The molecule has 25 heavy (non-hydrogen) atoms. The van der Waals surface area contributed by atoms with Gasteiger partial charge in [0, 0.05) is 17.4 Å². The van der Waals surface area contributed by atoms with Crippen molar-refractivity contribution in [3.63, 3.8) is 0 Å². The summed E-state index contributed by atoms with van der Waals surface area (Å²) in [5.74, 6) is 1.13. The summed E-state index contributed by atoms with van der Waals surface area (Å²) in [5, 5.41) is 2.87. The van der Waals surface area contributed by atoms with Crippen molar-refractivity contribution in [2.75, 3.05) is 12.4 Å². The third-order valence-corrected chi connectivity index (χ3v) is 3.88. The molecule has 0 aliphatic heterocycles. The lowest BCUT2D eigenvalue weighted by Gasteiger charge is -2.09. The van der Waals surface area contributed by atoms with E-state index in [1.807, 2.05) is 55.5 Å². The molecule has 0 unspecified atom stereocenters. The Labute approximate surface area is 146 Å². The van der Waals surface area contributed by atoms with Crippen molar-refractivity contribution in [2.24, 2.45) is 0 Å². The van der Waals surface area contributed by atoms with Crippen molar-refractivity contribution in [1.82, 2.24) is 9.97 Å². The molecule has 3 rings (SSSR count). The summed E-state index contributed by atoms with van der Waals surface area (Å²) in [6.07, 6.45) is 1.56. The summed E-state index contributed by atoms with van der Waals surface area (Å²) in [7, 11) is 1.62. The van der Waals surface area contributed by atoms with E-state index in [2.05, 4.69) is 15.3 Å². The lowest BCUT2D eigenvalue weighted by atomic mass is 10.1. The highest BCUT2D eigenvalue weighted by Gasteiger charge is 2.13. The number of hydrogen-bond donors (Lipinski definition) is 1. The zero-order valence-corrected chi connectivity index (χ0v) is 14.4. The van der Waals surface area contributed by atoms with Crippen LogP contribution in [0.2, 0.25) is 0 Å². The molecule has 1 aromatic heterocycles. The molecular formula is C20H19N3O2.